The number of carbonyl (C=O) groups excluding carboxylic acids is 1. The zero-order chi connectivity index (χ0) is 25.9. The molecule has 0 spiro atoms. The predicted octanol–water partition coefficient (Wildman–Crippen LogP) is 5.75. The lowest BCUT2D eigenvalue weighted by Gasteiger charge is -2.31. The molecule has 9 heteroatoms. The fourth-order valence-electron chi connectivity index (χ4n) is 4.39. The van der Waals surface area contributed by atoms with Crippen molar-refractivity contribution < 1.29 is 17.6 Å². The van der Waals surface area contributed by atoms with Crippen LogP contribution in [0.3, 0.4) is 0 Å². The number of likely N-dealkylation sites (tertiary alicyclic amines) is 1. The van der Waals surface area contributed by atoms with Gasteiger partial charge in [0, 0.05) is 28.7 Å². The van der Waals surface area contributed by atoms with Gasteiger partial charge in [-0.15, -0.1) is 0 Å². The number of carbonyl (C=O) groups is 1. The lowest BCUT2D eigenvalue weighted by molar-refractivity contribution is -0.121. The summed E-state index contributed by atoms with van der Waals surface area (Å²) in [6.07, 6.45) is 1.29. The third-order valence-electron chi connectivity index (χ3n) is 6.55. The third kappa shape index (κ3) is 6.06. The summed E-state index contributed by atoms with van der Waals surface area (Å²) in [5.74, 6) is -0.605. The Hall–Kier alpha value is -2.94. The molecule has 0 radical (unpaired) electrons. The number of benzene rings is 3. The number of anilines is 2. The number of rotatable bonds is 7. The highest BCUT2D eigenvalue weighted by atomic mass is 35.5. The highest BCUT2D eigenvalue weighted by Crippen LogP contribution is 2.26. The van der Waals surface area contributed by atoms with Crippen molar-refractivity contribution in [2.24, 2.45) is 5.92 Å². The Kier molecular flexibility index (Phi) is 7.97. The molecule has 1 saturated heterocycles. The number of nitrogens with one attached hydrogen (secondary N) is 2. The first-order chi connectivity index (χ1) is 17.1. The molecular weight excluding hydrogens is 501 g/mol. The summed E-state index contributed by atoms with van der Waals surface area (Å²) in [4.78, 5) is 15.0. The second kappa shape index (κ2) is 11.0. The van der Waals surface area contributed by atoms with Crippen LogP contribution < -0.4 is 10.0 Å². The monoisotopic (exact) mass is 529 g/mol. The van der Waals surface area contributed by atoms with E-state index in [1.54, 1.807) is 24.3 Å². The average Bonchev–Trinajstić information content (AvgIpc) is 2.85. The van der Waals surface area contributed by atoms with Gasteiger partial charge in [-0.05, 0) is 87.3 Å². The first-order valence-electron chi connectivity index (χ1n) is 11.8. The summed E-state index contributed by atoms with van der Waals surface area (Å²) in [5.41, 5.74) is 3.25. The Morgan fingerprint density at radius 1 is 1.00 bits per heavy atom. The number of hydrogen-bond acceptors (Lipinski definition) is 4. The van der Waals surface area contributed by atoms with E-state index in [0.717, 1.165) is 11.1 Å². The van der Waals surface area contributed by atoms with Gasteiger partial charge in [0.1, 0.15) is 5.82 Å². The normalized spacial score (nSPS) is 15.0. The van der Waals surface area contributed by atoms with Crippen molar-refractivity contribution in [3.63, 3.8) is 0 Å². The van der Waals surface area contributed by atoms with Crippen molar-refractivity contribution in [2.45, 2.75) is 38.1 Å². The summed E-state index contributed by atoms with van der Waals surface area (Å²) in [5, 5.41) is 3.29. The lowest BCUT2D eigenvalue weighted by atomic mass is 9.95. The molecule has 0 aliphatic carbocycles. The standard InChI is InChI=1S/C27H29ClFN3O3S/c1-18-5-3-6-19(2)26(18)31-36(34,35)22-11-9-21(10-12-22)30-27(33)20-13-15-32(16-14-20)17-23-24(28)7-4-8-25(23)29/h3-12,20,31H,13-17H2,1-2H3,(H,30,33). The SMILES string of the molecule is Cc1cccc(C)c1NS(=O)(=O)c1ccc(NC(=O)C2CCN(Cc3c(F)cccc3Cl)CC2)cc1. The fourth-order valence-corrected chi connectivity index (χ4v) is 5.82. The zero-order valence-corrected chi connectivity index (χ0v) is 21.8. The van der Waals surface area contributed by atoms with Gasteiger partial charge in [-0.2, -0.15) is 0 Å². The van der Waals surface area contributed by atoms with Crippen molar-refractivity contribution in [2.75, 3.05) is 23.1 Å². The maximum Gasteiger partial charge on any atom is 0.261 e. The molecule has 1 fully saturated rings. The smallest absolute Gasteiger partial charge is 0.261 e. The van der Waals surface area contributed by atoms with Gasteiger partial charge >= 0.3 is 0 Å². The zero-order valence-electron chi connectivity index (χ0n) is 20.2. The second-order valence-electron chi connectivity index (χ2n) is 9.14. The molecule has 1 heterocycles. The second-order valence-corrected chi connectivity index (χ2v) is 11.2. The van der Waals surface area contributed by atoms with Gasteiger partial charge < -0.3 is 5.32 Å². The molecule has 190 valence electrons. The molecule has 3 aromatic rings. The fraction of sp³-hybridized carbons (Fsp3) is 0.296. The Morgan fingerprint density at radius 2 is 1.61 bits per heavy atom. The highest BCUT2D eigenvalue weighted by Gasteiger charge is 2.26. The third-order valence-corrected chi connectivity index (χ3v) is 8.27. The maximum absolute atomic E-state index is 14.1. The average molecular weight is 530 g/mol. The summed E-state index contributed by atoms with van der Waals surface area (Å²) in [7, 11) is -3.77. The number of piperidine rings is 1. The minimum absolute atomic E-state index is 0.108. The molecule has 1 amide bonds. The van der Waals surface area contributed by atoms with Crippen LogP contribution >= 0.6 is 11.6 Å². The summed E-state index contributed by atoms with van der Waals surface area (Å²) >= 11 is 6.14. The van der Waals surface area contributed by atoms with Gasteiger partial charge in [0.2, 0.25) is 5.91 Å². The van der Waals surface area contributed by atoms with E-state index in [0.29, 0.717) is 54.4 Å². The topological polar surface area (TPSA) is 78.5 Å². The van der Waals surface area contributed by atoms with Crippen LogP contribution in [0.1, 0.15) is 29.5 Å². The minimum atomic E-state index is -3.77. The molecule has 1 aliphatic heterocycles. The van der Waals surface area contributed by atoms with E-state index in [9.17, 15) is 17.6 Å². The van der Waals surface area contributed by atoms with Crippen LogP contribution in [0.25, 0.3) is 0 Å². The van der Waals surface area contributed by atoms with Crippen molar-refractivity contribution in [3.8, 4) is 0 Å². The molecule has 3 aromatic carbocycles. The van der Waals surface area contributed by atoms with E-state index in [1.807, 2.05) is 32.0 Å². The van der Waals surface area contributed by atoms with E-state index in [4.69, 9.17) is 11.6 Å². The highest BCUT2D eigenvalue weighted by molar-refractivity contribution is 7.92. The molecule has 0 unspecified atom stereocenters. The van der Waals surface area contributed by atoms with Gasteiger partial charge in [0.15, 0.2) is 0 Å². The maximum atomic E-state index is 14.1. The van der Waals surface area contributed by atoms with Gasteiger partial charge in [-0.25, -0.2) is 12.8 Å². The van der Waals surface area contributed by atoms with Gasteiger partial charge in [-0.1, -0.05) is 35.9 Å². The van der Waals surface area contributed by atoms with Gasteiger partial charge in [0.25, 0.3) is 10.0 Å². The first kappa shape index (κ1) is 26.1. The summed E-state index contributed by atoms with van der Waals surface area (Å²) in [6, 6.07) is 16.4. The van der Waals surface area contributed by atoms with Crippen LogP contribution in [0, 0.1) is 25.6 Å². The van der Waals surface area contributed by atoms with Crippen molar-refractivity contribution in [1.82, 2.24) is 4.90 Å². The number of hydrogen-bond donors (Lipinski definition) is 2. The molecule has 36 heavy (non-hydrogen) atoms. The Balaban J connectivity index is 1.33. The predicted molar refractivity (Wildman–Crippen MR) is 141 cm³/mol. The molecule has 6 nitrogen and oxygen atoms in total. The number of sulfonamides is 1. The van der Waals surface area contributed by atoms with Crippen molar-refractivity contribution in [1.29, 1.82) is 0 Å². The largest absolute Gasteiger partial charge is 0.326 e. The van der Waals surface area contributed by atoms with Crippen LogP contribution in [-0.4, -0.2) is 32.3 Å². The Morgan fingerprint density at radius 3 is 2.22 bits per heavy atom. The number of halogens is 2. The summed E-state index contributed by atoms with van der Waals surface area (Å²) < 4.78 is 42.5. The number of para-hydroxylation sites is 1. The molecule has 0 atom stereocenters. The van der Waals surface area contributed by atoms with E-state index < -0.39 is 10.0 Å². The first-order valence-corrected chi connectivity index (χ1v) is 13.7. The summed E-state index contributed by atoms with van der Waals surface area (Å²) in [6.45, 7) is 5.42. The van der Waals surface area contributed by atoms with E-state index >= 15 is 0 Å². The lowest BCUT2D eigenvalue weighted by Crippen LogP contribution is -2.38. The van der Waals surface area contributed by atoms with Crippen molar-refractivity contribution in [3.05, 3.63) is 88.2 Å². The van der Waals surface area contributed by atoms with E-state index in [1.165, 1.54) is 18.2 Å². The van der Waals surface area contributed by atoms with E-state index in [-0.39, 0.29) is 22.5 Å². The number of aryl methyl sites for hydroxylation is 2. The number of amides is 1. The van der Waals surface area contributed by atoms with Crippen LogP contribution in [-0.2, 0) is 21.4 Å². The minimum Gasteiger partial charge on any atom is -0.326 e. The van der Waals surface area contributed by atoms with Gasteiger partial charge in [-0.3, -0.25) is 14.4 Å². The Labute approximate surface area is 216 Å². The molecular formula is C27H29ClFN3O3S. The molecule has 4 rings (SSSR count). The molecule has 0 bridgehead atoms. The quantitative estimate of drug-likeness (QED) is 0.408. The molecule has 0 saturated carbocycles. The van der Waals surface area contributed by atoms with Crippen LogP contribution in [0.5, 0.6) is 0 Å². The van der Waals surface area contributed by atoms with Crippen LogP contribution in [0.15, 0.2) is 65.6 Å². The van der Waals surface area contributed by atoms with Crippen LogP contribution in [0.4, 0.5) is 15.8 Å². The molecule has 0 aromatic heterocycles. The Bertz CT molecular complexity index is 1310. The molecule has 1 aliphatic rings. The number of nitrogens with zero attached hydrogens (tertiary/aromatic N) is 1. The van der Waals surface area contributed by atoms with Crippen LogP contribution in [0.2, 0.25) is 5.02 Å². The molecule has 2 N–H and O–H groups in total. The van der Waals surface area contributed by atoms with Crippen molar-refractivity contribution >= 4 is 38.9 Å². The van der Waals surface area contributed by atoms with Gasteiger partial charge in [0.05, 0.1) is 10.6 Å². The van der Waals surface area contributed by atoms with E-state index in [2.05, 4.69) is 14.9 Å².